The van der Waals surface area contributed by atoms with Gasteiger partial charge in [-0.3, -0.25) is 4.79 Å². The van der Waals surface area contributed by atoms with Crippen LogP contribution in [0.4, 0.5) is 0 Å². The third-order valence-corrected chi connectivity index (χ3v) is 7.36. The summed E-state index contributed by atoms with van der Waals surface area (Å²) in [4.78, 5) is 25.0. The lowest BCUT2D eigenvalue weighted by molar-refractivity contribution is -0.150. The van der Waals surface area contributed by atoms with Crippen molar-refractivity contribution in [2.24, 2.45) is 0 Å². The number of carbonyl (C=O) groups excluding carboxylic acids is 1. The van der Waals surface area contributed by atoms with Gasteiger partial charge >= 0.3 is 5.97 Å². The highest BCUT2D eigenvalue weighted by molar-refractivity contribution is 8.16. The minimum atomic E-state index is -0.980. The smallest absolute Gasteiger partial charge is 0.326 e. The Morgan fingerprint density at radius 1 is 1.24 bits per heavy atom. The Hall–Kier alpha value is -1.34. The standard InChI is InChI=1S/C18H23NO4S2/c1-12(17(21)22)19(14-5-6-14)16(20)11-23-15-7-3-13(4-8-15)18-24-9-2-10-25-18/h3-4,7-8,12,14,18H,2,5-6,9-11H2,1H3,(H,21,22). The van der Waals surface area contributed by atoms with E-state index < -0.39 is 12.0 Å². The van der Waals surface area contributed by atoms with Crippen LogP contribution in [-0.4, -0.2) is 52.1 Å². The maximum atomic E-state index is 12.4. The first kappa shape index (κ1) is 18.5. The summed E-state index contributed by atoms with van der Waals surface area (Å²) in [6, 6.07) is 7.11. The molecule has 3 rings (SSSR count). The zero-order valence-electron chi connectivity index (χ0n) is 14.2. The fourth-order valence-electron chi connectivity index (χ4n) is 2.83. The van der Waals surface area contributed by atoms with Gasteiger partial charge in [-0.1, -0.05) is 12.1 Å². The van der Waals surface area contributed by atoms with Crippen molar-refractivity contribution in [3.8, 4) is 5.75 Å². The molecule has 2 aliphatic rings. The number of thioether (sulfide) groups is 2. The first-order valence-corrected chi connectivity index (χ1v) is 10.7. The van der Waals surface area contributed by atoms with Crippen molar-refractivity contribution in [1.29, 1.82) is 0 Å². The van der Waals surface area contributed by atoms with Gasteiger partial charge in [-0.25, -0.2) is 4.79 Å². The number of benzene rings is 1. The lowest BCUT2D eigenvalue weighted by atomic mass is 10.2. The number of amides is 1. The molecule has 0 bridgehead atoms. The zero-order chi connectivity index (χ0) is 17.8. The number of rotatable bonds is 7. The quantitative estimate of drug-likeness (QED) is 0.781. The van der Waals surface area contributed by atoms with Crippen LogP contribution in [0, 0.1) is 0 Å². The van der Waals surface area contributed by atoms with Crippen molar-refractivity contribution in [3.05, 3.63) is 29.8 Å². The Balaban J connectivity index is 1.55. The van der Waals surface area contributed by atoms with Crippen LogP contribution in [0.25, 0.3) is 0 Å². The highest BCUT2D eigenvalue weighted by Crippen LogP contribution is 2.43. The number of ether oxygens (including phenoxy) is 1. The van der Waals surface area contributed by atoms with Crippen LogP contribution in [0.15, 0.2) is 24.3 Å². The Bertz CT molecular complexity index is 612. The summed E-state index contributed by atoms with van der Waals surface area (Å²) in [6.45, 7) is 1.42. The van der Waals surface area contributed by atoms with Crippen LogP contribution in [0.1, 0.15) is 36.3 Å². The van der Waals surface area contributed by atoms with Crippen molar-refractivity contribution in [2.75, 3.05) is 18.1 Å². The summed E-state index contributed by atoms with van der Waals surface area (Å²) in [6.07, 6.45) is 3.00. The first-order chi connectivity index (χ1) is 12.1. The van der Waals surface area contributed by atoms with E-state index in [4.69, 9.17) is 4.74 Å². The summed E-state index contributed by atoms with van der Waals surface area (Å²) in [5.41, 5.74) is 1.27. The first-order valence-electron chi connectivity index (χ1n) is 8.56. The molecule has 1 saturated carbocycles. The molecule has 25 heavy (non-hydrogen) atoms. The fraction of sp³-hybridized carbons (Fsp3) is 0.556. The molecule has 1 saturated heterocycles. The van der Waals surface area contributed by atoms with E-state index in [2.05, 4.69) is 0 Å². The van der Waals surface area contributed by atoms with E-state index in [9.17, 15) is 14.7 Å². The van der Waals surface area contributed by atoms with Gasteiger partial charge in [0.1, 0.15) is 11.8 Å². The maximum Gasteiger partial charge on any atom is 0.326 e. The van der Waals surface area contributed by atoms with Gasteiger partial charge in [0.25, 0.3) is 5.91 Å². The molecule has 1 aromatic rings. The van der Waals surface area contributed by atoms with E-state index in [0.717, 1.165) is 12.8 Å². The third-order valence-electron chi connectivity index (χ3n) is 4.34. The van der Waals surface area contributed by atoms with Crippen molar-refractivity contribution < 1.29 is 19.4 Å². The van der Waals surface area contributed by atoms with Gasteiger partial charge < -0.3 is 14.7 Å². The summed E-state index contributed by atoms with van der Waals surface area (Å²) in [5, 5.41) is 9.18. The highest BCUT2D eigenvalue weighted by atomic mass is 32.2. The fourth-order valence-corrected chi connectivity index (χ4v) is 5.72. The number of carboxylic acid groups (broad SMARTS) is 1. The van der Waals surface area contributed by atoms with Crippen molar-refractivity contribution in [1.82, 2.24) is 4.90 Å². The summed E-state index contributed by atoms with van der Waals surface area (Å²) in [7, 11) is 0. The second-order valence-corrected chi connectivity index (χ2v) is 9.06. The molecule has 0 aromatic heterocycles. The van der Waals surface area contributed by atoms with E-state index >= 15 is 0 Å². The summed E-state index contributed by atoms with van der Waals surface area (Å²) >= 11 is 3.93. The Morgan fingerprint density at radius 3 is 2.44 bits per heavy atom. The van der Waals surface area contributed by atoms with Crippen LogP contribution >= 0.6 is 23.5 Å². The highest BCUT2D eigenvalue weighted by Gasteiger charge is 2.38. The maximum absolute atomic E-state index is 12.4. The average molecular weight is 382 g/mol. The molecule has 0 spiro atoms. The average Bonchev–Trinajstić information content (AvgIpc) is 3.46. The SMILES string of the molecule is CC(C(=O)O)N(C(=O)COc1ccc(C2SCCCS2)cc1)C1CC1. The van der Waals surface area contributed by atoms with E-state index in [1.807, 2.05) is 47.8 Å². The molecule has 1 aromatic carbocycles. The summed E-state index contributed by atoms with van der Waals surface area (Å²) in [5.74, 6) is 1.79. The lowest BCUT2D eigenvalue weighted by Gasteiger charge is -2.26. The Kier molecular flexibility index (Phi) is 6.17. The van der Waals surface area contributed by atoms with Crippen LogP contribution in [0.5, 0.6) is 5.75 Å². The second kappa shape index (κ2) is 8.36. The molecule has 7 heteroatoms. The van der Waals surface area contributed by atoms with Crippen LogP contribution < -0.4 is 4.74 Å². The van der Waals surface area contributed by atoms with Crippen molar-refractivity contribution >= 4 is 35.4 Å². The zero-order valence-corrected chi connectivity index (χ0v) is 15.9. The van der Waals surface area contributed by atoms with Gasteiger partial charge in [0.05, 0.1) is 4.58 Å². The number of carbonyl (C=O) groups is 2. The van der Waals surface area contributed by atoms with Gasteiger partial charge in [0, 0.05) is 6.04 Å². The largest absolute Gasteiger partial charge is 0.484 e. The Morgan fingerprint density at radius 2 is 1.88 bits per heavy atom. The topological polar surface area (TPSA) is 66.8 Å². The molecule has 1 N–H and O–H groups in total. The molecule has 2 fully saturated rings. The number of hydrogen-bond donors (Lipinski definition) is 1. The van der Waals surface area contributed by atoms with Gasteiger partial charge in [-0.05, 0) is 55.4 Å². The van der Waals surface area contributed by atoms with E-state index in [-0.39, 0.29) is 18.6 Å². The van der Waals surface area contributed by atoms with Gasteiger partial charge in [-0.15, -0.1) is 23.5 Å². The van der Waals surface area contributed by atoms with Crippen LogP contribution in [-0.2, 0) is 9.59 Å². The normalized spacial score (nSPS) is 19.2. The molecule has 1 unspecified atom stereocenters. The number of aliphatic carboxylic acids is 1. The molecule has 0 radical (unpaired) electrons. The van der Waals surface area contributed by atoms with E-state index in [1.165, 1.54) is 28.4 Å². The predicted molar refractivity (Wildman–Crippen MR) is 101 cm³/mol. The molecule has 1 atom stereocenters. The van der Waals surface area contributed by atoms with Crippen LogP contribution in [0.2, 0.25) is 0 Å². The van der Waals surface area contributed by atoms with Gasteiger partial charge in [0.15, 0.2) is 6.61 Å². The molecular weight excluding hydrogens is 358 g/mol. The monoisotopic (exact) mass is 381 g/mol. The van der Waals surface area contributed by atoms with Gasteiger partial charge in [0.2, 0.25) is 0 Å². The van der Waals surface area contributed by atoms with Gasteiger partial charge in [-0.2, -0.15) is 0 Å². The lowest BCUT2D eigenvalue weighted by Crippen LogP contribution is -2.46. The van der Waals surface area contributed by atoms with E-state index in [0.29, 0.717) is 10.3 Å². The van der Waals surface area contributed by atoms with Crippen molar-refractivity contribution in [3.63, 3.8) is 0 Å². The Labute approximate surface area is 156 Å². The number of nitrogens with zero attached hydrogens (tertiary/aromatic N) is 1. The molecule has 136 valence electrons. The predicted octanol–water partition coefficient (Wildman–Crippen LogP) is 3.40. The summed E-state index contributed by atoms with van der Waals surface area (Å²) < 4.78 is 6.08. The minimum absolute atomic E-state index is 0.0462. The molecule has 1 heterocycles. The third kappa shape index (κ3) is 4.85. The minimum Gasteiger partial charge on any atom is -0.484 e. The van der Waals surface area contributed by atoms with Crippen LogP contribution in [0.3, 0.4) is 0 Å². The van der Waals surface area contributed by atoms with E-state index in [1.54, 1.807) is 6.92 Å². The molecule has 1 amide bonds. The molecule has 5 nitrogen and oxygen atoms in total. The van der Waals surface area contributed by atoms with Crippen molar-refractivity contribution in [2.45, 2.75) is 42.9 Å². The number of hydrogen-bond acceptors (Lipinski definition) is 5. The molecule has 1 aliphatic heterocycles. The second-order valence-electron chi connectivity index (χ2n) is 6.33. The molecule has 1 aliphatic carbocycles. The molecular formula is C18H23NO4S2. The number of carboxylic acids is 1.